The Morgan fingerprint density at radius 2 is 1.92 bits per heavy atom. The molecule has 4 heteroatoms. The molecule has 0 aromatic carbocycles. The predicted molar refractivity (Wildman–Crippen MR) is 97.9 cm³/mol. The highest BCUT2D eigenvalue weighted by Gasteiger charge is 2.29. The summed E-state index contributed by atoms with van der Waals surface area (Å²) in [5.41, 5.74) is 5.19. The maximum absolute atomic E-state index is 12.0. The van der Waals surface area contributed by atoms with Gasteiger partial charge >= 0.3 is 5.97 Å². The Kier molecular flexibility index (Phi) is 6.80. The second-order valence-corrected chi connectivity index (χ2v) is 7.00. The maximum atomic E-state index is 12.0. The van der Waals surface area contributed by atoms with E-state index >= 15 is 0 Å². The van der Waals surface area contributed by atoms with Crippen molar-refractivity contribution in [1.82, 2.24) is 0 Å². The van der Waals surface area contributed by atoms with Crippen LogP contribution in [0.4, 0.5) is 0 Å². The summed E-state index contributed by atoms with van der Waals surface area (Å²) < 4.78 is 10.8. The lowest BCUT2D eigenvalue weighted by atomic mass is 9.93. The van der Waals surface area contributed by atoms with Gasteiger partial charge in [-0.3, -0.25) is 4.79 Å². The van der Waals surface area contributed by atoms with Gasteiger partial charge in [0.2, 0.25) is 0 Å². The zero-order valence-electron chi connectivity index (χ0n) is 15.5. The van der Waals surface area contributed by atoms with Gasteiger partial charge < -0.3 is 9.47 Å². The van der Waals surface area contributed by atoms with Crippen LogP contribution in [-0.4, -0.2) is 24.6 Å². The van der Waals surface area contributed by atoms with E-state index in [2.05, 4.69) is 19.6 Å². The second kappa shape index (κ2) is 8.84. The molecule has 2 atom stereocenters. The lowest BCUT2D eigenvalue weighted by molar-refractivity contribution is -0.138. The van der Waals surface area contributed by atoms with E-state index in [0.717, 1.165) is 54.4 Å². The molecule has 25 heavy (non-hydrogen) atoms. The van der Waals surface area contributed by atoms with Gasteiger partial charge in [-0.25, -0.2) is 4.79 Å². The Hall–Kier alpha value is -2.10. The van der Waals surface area contributed by atoms with E-state index in [1.165, 1.54) is 5.57 Å². The van der Waals surface area contributed by atoms with Crippen LogP contribution in [-0.2, 0) is 19.1 Å². The Morgan fingerprint density at radius 3 is 2.64 bits per heavy atom. The van der Waals surface area contributed by atoms with Gasteiger partial charge in [-0.2, -0.15) is 0 Å². The summed E-state index contributed by atoms with van der Waals surface area (Å²) in [7, 11) is 0. The molecule has 136 valence electrons. The topological polar surface area (TPSA) is 52.6 Å². The van der Waals surface area contributed by atoms with Gasteiger partial charge in [-0.05, 0) is 76.5 Å². The van der Waals surface area contributed by atoms with Crippen LogP contribution in [0.3, 0.4) is 0 Å². The zero-order chi connectivity index (χ0) is 18.4. The van der Waals surface area contributed by atoms with Crippen LogP contribution in [0.25, 0.3) is 0 Å². The zero-order valence-corrected chi connectivity index (χ0v) is 15.5. The molecular formula is C21H28O4. The minimum absolute atomic E-state index is 0.217. The molecule has 0 N–H and O–H groups in total. The lowest BCUT2D eigenvalue weighted by Crippen LogP contribution is -2.15. The highest BCUT2D eigenvalue weighted by Crippen LogP contribution is 2.30. The van der Waals surface area contributed by atoms with Gasteiger partial charge in [0, 0.05) is 5.57 Å². The normalized spacial score (nSPS) is 30.4. The van der Waals surface area contributed by atoms with E-state index in [1.807, 2.05) is 19.9 Å². The minimum atomic E-state index is -0.267. The molecule has 4 nitrogen and oxygen atoms in total. The van der Waals surface area contributed by atoms with Crippen LogP contribution < -0.4 is 0 Å². The van der Waals surface area contributed by atoms with Gasteiger partial charge in [0.25, 0.3) is 6.47 Å². The van der Waals surface area contributed by atoms with Crippen molar-refractivity contribution in [3.63, 3.8) is 0 Å². The van der Waals surface area contributed by atoms with Crippen LogP contribution in [0.5, 0.6) is 0 Å². The van der Waals surface area contributed by atoms with E-state index < -0.39 is 0 Å². The van der Waals surface area contributed by atoms with E-state index in [9.17, 15) is 9.59 Å². The third-order valence-electron chi connectivity index (χ3n) is 5.02. The summed E-state index contributed by atoms with van der Waals surface area (Å²) in [5, 5.41) is 0. The first-order valence-corrected chi connectivity index (χ1v) is 8.92. The van der Waals surface area contributed by atoms with Crippen LogP contribution in [0.2, 0.25) is 0 Å². The number of esters is 1. The SMILES string of the molecule is C=C1CC/C=C(\C)CCC2=C(C)C(=O)O[C@H]2/C=C(\C)CC[C@@H]1OC=O. The fourth-order valence-electron chi connectivity index (χ4n) is 3.32. The molecule has 0 aromatic heterocycles. The van der Waals surface area contributed by atoms with Crippen molar-refractivity contribution in [1.29, 1.82) is 0 Å². The minimum Gasteiger partial charge on any atom is -0.460 e. The summed E-state index contributed by atoms with van der Waals surface area (Å²) in [6, 6.07) is 0. The molecule has 2 rings (SSSR count). The fourth-order valence-corrected chi connectivity index (χ4v) is 3.32. The van der Waals surface area contributed by atoms with Gasteiger partial charge in [-0.1, -0.05) is 23.8 Å². The van der Waals surface area contributed by atoms with E-state index in [0.29, 0.717) is 12.9 Å². The quantitative estimate of drug-likeness (QED) is 0.418. The summed E-state index contributed by atoms with van der Waals surface area (Å²) in [4.78, 5) is 22.8. The first kappa shape index (κ1) is 19.2. The summed E-state index contributed by atoms with van der Waals surface area (Å²) in [6.45, 7) is 10.6. The molecule has 2 aliphatic rings. The molecule has 0 aromatic rings. The lowest BCUT2D eigenvalue weighted by Gasteiger charge is -2.19. The summed E-state index contributed by atoms with van der Waals surface area (Å²) in [5.74, 6) is -0.217. The third-order valence-corrected chi connectivity index (χ3v) is 5.02. The standard InChI is InChI=1S/C21H28O4/c1-14-6-5-7-16(3)19(24-13-22)11-9-15(2)12-20-18(10-8-14)17(4)21(23)25-20/h6,12-13,19-20H,3,5,7-11H2,1-2,4H3/b14-6+,15-12+/t19-,20-/m0/s1. The number of allylic oxidation sites excluding steroid dienone is 3. The Morgan fingerprint density at radius 1 is 1.16 bits per heavy atom. The molecule has 1 aliphatic heterocycles. The average Bonchev–Trinajstić information content (AvgIpc) is 2.82. The number of carbonyl (C=O) groups excluding carboxylic acids is 2. The molecule has 1 aliphatic carbocycles. The molecule has 0 fully saturated rings. The Labute approximate surface area is 150 Å². The smallest absolute Gasteiger partial charge is 0.334 e. The van der Waals surface area contributed by atoms with Crippen molar-refractivity contribution in [3.05, 3.63) is 46.6 Å². The first-order chi connectivity index (χ1) is 11.9. The molecule has 0 spiro atoms. The predicted octanol–water partition coefficient (Wildman–Crippen LogP) is 4.57. The van der Waals surface area contributed by atoms with Crippen LogP contribution in [0, 0.1) is 0 Å². The number of hydrogen-bond donors (Lipinski definition) is 0. The molecule has 0 radical (unpaired) electrons. The number of ether oxygens (including phenoxy) is 2. The molecule has 0 bridgehead atoms. The van der Waals surface area contributed by atoms with Gasteiger partial charge in [0.05, 0.1) is 0 Å². The van der Waals surface area contributed by atoms with Crippen LogP contribution in [0.1, 0.15) is 59.3 Å². The monoisotopic (exact) mass is 344 g/mol. The number of hydrogen-bond acceptors (Lipinski definition) is 4. The maximum Gasteiger partial charge on any atom is 0.334 e. The first-order valence-electron chi connectivity index (χ1n) is 8.92. The van der Waals surface area contributed by atoms with Gasteiger partial charge in [0.1, 0.15) is 12.2 Å². The molecule has 1 heterocycles. The van der Waals surface area contributed by atoms with E-state index in [1.54, 1.807) is 0 Å². The average molecular weight is 344 g/mol. The van der Waals surface area contributed by atoms with Crippen molar-refractivity contribution in [2.24, 2.45) is 0 Å². The number of carbonyl (C=O) groups is 2. The highest BCUT2D eigenvalue weighted by atomic mass is 16.5. The largest absolute Gasteiger partial charge is 0.460 e. The highest BCUT2D eigenvalue weighted by molar-refractivity contribution is 5.92. The molecule has 0 amide bonds. The molecule has 0 saturated carbocycles. The van der Waals surface area contributed by atoms with Crippen molar-refractivity contribution in [2.75, 3.05) is 0 Å². The number of rotatable bonds is 2. The van der Waals surface area contributed by atoms with Crippen LogP contribution in [0.15, 0.2) is 46.6 Å². The Bertz CT molecular complexity index is 636. The van der Waals surface area contributed by atoms with Crippen LogP contribution >= 0.6 is 0 Å². The molecular weight excluding hydrogens is 316 g/mol. The van der Waals surface area contributed by atoms with E-state index in [-0.39, 0.29) is 18.2 Å². The van der Waals surface area contributed by atoms with Crippen molar-refractivity contribution >= 4 is 12.4 Å². The van der Waals surface area contributed by atoms with E-state index in [4.69, 9.17) is 9.47 Å². The second-order valence-electron chi connectivity index (χ2n) is 7.00. The third kappa shape index (κ3) is 5.18. The van der Waals surface area contributed by atoms with Gasteiger partial charge in [-0.15, -0.1) is 0 Å². The van der Waals surface area contributed by atoms with Gasteiger partial charge in [0.15, 0.2) is 0 Å². The summed E-state index contributed by atoms with van der Waals surface area (Å²) in [6.07, 6.45) is 8.61. The van der Waals surface area contributed by atoms with Crippen molar-refractivity contribution in [3.8, 4) is 0 Å². The number of fused-ring (bicyclic) bond motifs is 1. The fraction of sp³-hybridized carbons (Fsp3) is 0.524. The summed E-state index contributed by atoms with van der Waals surface area (Å²) >= 11 is 0. The van der Waals surface area contributed by atoms with Crippen molar-refractivity contribution < 1.29 is 19.1 Å². The molecule has 0 saturated heterocycles. The van der Waals surface area contributed by atoms with Crippen molar-refractivity contribution in [2.45, 2.75) is 71.5 Å². The molecule has 0 unspecified atom stereocenters. The Balaban J connectivity index is 2.25.